The highest BCUT2D eigenvalue weighted by Gasteiger charge is 2.00. The highest BCUT2D eigenvalue weighted by Crippen LogP contribution is 2.15. The predicted molar refractivity (Wildman–Crippen MR) is 43.4 cm³/mol. The molecule has 0 unspecified atom stereocenters. The van der Waals surface area contributed by atoms with Gasteiger partial charge in [0.2, 0.25) is 0 Å². The zero-order valence-electron chi connectivity index (χ0n) is 6.79. The van der Waals surface area contributed by atoms with Gasteiger partial charge < -0.3 is 10.5 Å². The molecule has 3 nitrogen and oxygen atoms in total. The van der Waals surface area contributed by atoms with E-state index in [2.05, 4.69) is 4.98 Å². The molecule has 1 heterocycles. The Balaban J connectivity index is 3.06. The molecular weight excluding hydrogens is 140 g/mol. The molecule has 0 aliphatic heterocycles. The van der Waals surface area contributed by atoms with Crippen LogP contribution in [0.25, 0.3) is 0 Å². The third-order valence-corrected chi connectivity index (χ3v) is 1.52. The zero-order valence-corrected chi connectivity index (χ0v) is 6.79. The van der Waals surface area contributed by atoms with Crippen LogP contribution in [-0.2, 0) is 6.54 Å². The van der Waals surface area contributed by atoms with Gasteiger partial charge in [-0.3, -0.25) is 4.98 Å². The first-order chi connectivity index (χ1) is 5.27. The smallest absolute Gasteiger partial charge is 0.141 e. The molecule has 0 radical (unpaired) electrons. The maximum atomic E-state index is 5.49. The quantitative estimate of drug-likeness (QED) is 0.683. The van der Waals surface area contributed by atoms with Crippen molar-refractivity contribution in [3.8, 4) is 5.75 Å². The van der Waals surface area contributed by atoms with Crippen molar-refractivity contribution in [2.75, 3.05) is 7.11 Å². The lowest BCUT2D eigenvalue weighted by Gasteiger charge is -2.05. The van der Waals surface area contributed by atoms with Gasteiger partial charge in [-0.05, 0) is 13.0 Å². The minimum absolute atomic E-state index is 0.493. The van der Waals surface area contributed by atoms with Crippen LogP contribution in [0.4, 0.5) is 0 Å². The van der Waals surface area contributed by atoms with Gasteiger partial charge in [-0.1, -0.05) is 0 Å². The second-order valence-corrected chi connectivity index (χ2v) is 2.34. The summed E-state index contributed by atoms with van der Waals surface area (Å²) in [5.41, 5.74) is 7.45. The number of ether oxygens (including phenoxy) is 1. The van der Waals surface area contributed by atoms with E-state index in [0.717, 1.165) is 17.0 Å². The fraction of sp³-hybridized carbons (Fsp3) is 0.375. The third kappa shape index (κ3) is 1.68. The number of pyridine rings is 1. The normalized spacial score (nSPS) is 9.73. The maximum Gasteiger partial charge on any atom is 0.141 e. The molecule has 0 atom stereocenters. The first-order valence-corrected chi connectivity index (χ1v) is 3.47. The van der Waals surface area contributed by atoms with E-state index in [0.29, 0.717) is 6.54 Å². The number of hydrogen-bond acceptors (Lipinski definition) is 3. The second kappa shape index (κ2) is 3.34. The van der Waals surface area contributed by atoms with Crippen LogP contribution in [0.3, 0.4) is 0 Å². The van der Waals surface area contributed by atoms with Gasteiger partial charge in [0, 0.05) is 17.8 Å². The summed E-state index contributed by atoms with van der Waals surface area (Å²) < 4.78 is 5.05. The Hall–Kier alpha value is -1.09. The molecule has 1 rings (SSSR count). The Morgan fingerprint density at radius 1 is 1.64 bits per heavy atom. The van der Waals surface area contributed by atoms with Gasteiger partial charge in [0.25, 0.3) is 0 Å². The van der Waals surface area contributed by atoms with Gasteiger partial charge in [0.1, 0.15) is 5.75 Å². The summed E-state index contributed by atoms with van der Waals surface area (Å²) >= 11 is 0. The highest BCUT2D eigenvalue weighted by atomic mass is 16.5. The van der Waals surface area contributed by atoms with E-state index in [-0.39, 0.29) is 0 Å². The van der Waals surface area contributed by atoms with Crippen LogP contribution in [0.5, 0.6) is 5.75 Å². The van der Waals surface area contributed by atoms with Crippen LogP contribution < -0.4 is 10.5 Å². The van der Waals surface area contributed by atoms with Crippen molar-refractivity contribution in [3.05, 3.63) is 23.5 Å². The van der Waals surface area contributed by atoms with Gasteiger partial charge in [-0.15, -0.1) is 0 Å². The van der Waals surface area contributed by atoms with Crippen LogP contribution in [0.2, 0.25) is 0 Å². The van der Waals surface area contributed by atoms with E-state index >= 15 is 0 Å². The molecule has 0 aliphatic rings. The standard InChI is InChI=1S/C8H12N2O/c1-6-3-7(4-9)8(11-2)5-10-6/h3,5H,4,9H2,1-2H3. The first kappa shape index (κ1) is 8.01. The Morgan fingerprint density at radius 3 is 2.91 bits per heavy atom. The molecular formula is C8H12N2O. The van der Waals surface area contributed by atoms with Gasteiger partial charge in [0.05, 0.1) is 13.3 Å². The molecule has 0 bridgehead atoms. The third-order valence-electron chi connectivity index (χ3n) is 1.52. The molecule has 1 aromatic rings. The number of hydrogen-bond donors (Lipinski definition) is 1. The van der Waals surface area contributed by atoms with Crippen LogP contribution in [-0.4, -0.2) is 12.1 Å². The average Bonchev–Trinajstić information content (AvgIpc) is 2.04. The van der Waals surface area contributed by atoms with Gasteiger partial charge in [-0.25, -0.2) is 0 Å². The summed E-state index contributed by atoms with van der Waals surface area (Å²) in [5, 5.41) is 0. The summed E-state index contributed by atoms with van der Waals surface area (Å²) in [5.74, 6) is 0.762. The molecule has 0 aliphatic carbocycles. The van der Waals surface area contributed by atoms with Gasteiger partial charge >= 0.3 is 0 Å². The number of nitrogens with two attached hydrogens (primary N) is 1. The number of aromatic nitrogens is 1. The van der Waals surface area contributed by atoms with E-state index < -0.39 is 0 Å². The highest BCUT2D eigenvalue weighted by molar-refractivity contribution is 5.31. The summed E-state index contributed by atoms with van der Waals surface area (Å²) in [6.07, 6.45) is 1.69. The lowest BCUT2D eigenvalue weighted by atomic mass is 10.2. The first-order valence-electron chi connectivity index (χ1n) is 3.47. The van der Waals surface area contributed by atoms with Crippen LogP contribution in [0, 0.1) is 6.92 Å². The number of rotatable bonds is 2. The maximum absolute atomic E-state index is 5.49. The fourth-order valence-corrected chi connectivity index (χ4v) is 0.947. The van der Waals surface area contributed by atoms with Crippen molar-refractivity contribution in [1.82, 2.24) is 4.98 Å². The van der Waals surface area contributed by atoms with Crippen molar-refractivity contribution in [2.24, 2.45) is 5.73 Å². The minimum atomic E-state index is 0.493. The summed E-state index contributed by atoms with van der Waals surface area (Å²) in [6, 6.07) is 1.93. The van der Waals surface area contributed by atoms with Crippen LogP contribution >= 0.6 is 0 Å². The van der Waals surface area contributed by atoms with E-state index in [4.69, 9.17) is 10.5 Å². The molecule has 0 amide bonds. The molecule has 3 heteroatoms. The monoisotopic (exact) mass is 152 g/mol. The SMILES string of the molecule is COc1cnc(C)cc1CN. The second-order valence-electron chi connectivity index (χ2n) is 2.34. The van der Waals surface area contributed by atoms with E-state index in [1.807, 2.05) is 13.0 Å². The predicted octanol–water partition coefficient (Wildman–Crippen LogP) is 0.857. The van der Waals surface area contributed by atoms with E-state index in [1.54, 1.807) is 13.3 Å². The van der Waals surface area contributed by atoms with E-state index in [1.165, 1.54) is 0 Å². The van der Waals surface area contributed by atoms with Gasteiger partial charge in [0.15, 0.2) is 0 Å². The Labute approximate surface area is 66.2 Å². The van der Waals surface area contributed by atoms with Crippen LogP contribution in [0.1, 0.15) is 11.3 Å². The summed E-state index contributed by atoms with van der Waals surface area (Å²) in [7, 11) is 1.62. The molecule has 0 saturated carbocycles. The number of aryl methyl sites for hydroxylation is 1. The number of nitrogens with zero attached hydrogens (tertiary/aromatic N) is 1. The largest absolute Gasteiger partial charge is 0.495 e. The Bertz CT molecular complexity index is 248. The lowest BCUT2D eigenvalue weighted by molar-refractivity contribution is 0.407. The van der Waals surface area contributed by atoms with Crippen molar-refractivity contribution in [1.29, 1.82) is 0 Å². The zero-order chi connectivity index (χ0) is 8.27. The Morgan fingerprint density at radius 2 is 2.36 bits per heavy atom. The molecule has 2 N–H and O–H groups in total. The molecule has 0 aromatic carbocycles. The molecule has 0 saturated heterocycles. The molecule has 60 valence electrons. The van der Waals surface area contributed by atoms with E-state index in [9.17, 15) is 0 Å². The topological polar surface area (TPSA) is 48.1 Å². The van der Waals surface area contributed by atoms with Crippen molar-refractivity contribution >= 4 is 0 Å². The fourth-order valence-electron chi connectivity index (χ4n) is 0.947. The number of methoxy groups -OCH3 is 1. The lowest BCUT2D eigenvalue weighted by Crippen LogP contribution is -2.01. The van der Waals surface area contributed by atoms with Gasteiger partial charge in [-0.2, -0.15) is 0 Å². The molecule has 0 fully saturated rings. The van der Waals surface area contributed by atoms with Crippen molar-refractivity contribution in [3.63, 3.8) is 0 Å². The van der Waals surface area contributed by atoms with Crippen LogP contribution in [0.15, 0.2) is 12.3 Å². The molecule has 1 aromatic heterocycles. The van der Waals surface area contributed by atoms with Crippen molar-refractivity contribution < 1.29 is 4.74 Å². The summed E-state index contributed by atoms with van der Waals surface area (Å²) in [6.45, 7) is 2.42. The molecule has 11 heavy (non-hydrogen) atoms. The minimum Gasteiger partial charge on any atom is -0.495 e. The summed E-state index contributed by atoms with van der Waals surface area (Å²) in [4.78, 5) is 4.08. The van der Waals surface area contributed by atoms with Crippen molar-refractivity contribution in [2.45, 2.75) is 13.5 Å². The average molecular weight is 152 g/mol. The molecule has 0 spiro atoms. The Kier molecular flexibility index (Phi) is 2.44.